The molecule has 0 N–H and O–H groups in total. The first kappa shape index (κ1) is 16.2. The van der Waals surface area contributed by atoms with Gasteiger partial charge in [0.2, 0.25) is 5.82 Å². The van der Waals surface area contributed by atoms with Crippen LogP contribution in [0.15, 0.2) is 41.1 Å². The van der Waals surface area contributed by atoms with Gasteiger partial charge in [-0.05, 0) is 25.0 Å². The lowest BCUT2D eigenvalue weighted by Gasteiger charge is -2.13. The molecule has 2 aromatic heterocycles. The van der Waals surface area contributed by atoms with E-state index in [1.807, 2.05) is 42.9 Å². The molecule has 3 aromatic rings. The average molecular weight is 336 g/mol. The maximum atomic E-state index is 12.5. The molecule has 0 aliphatic heterocycles. The summed E-state index contributed by atoms with van der Waals surface area (Å²) in [6.07, 6.45) is -1.87. The second-order valence-corrected chi connectivity index (χ2v) is 5.36. The quantitative estimate of drug-likeness (QED) is 0.719. The summed E-state index contributed by atoms with van der Waals surface area (Å²) in [5, 5.41) is 7.84. The summed E-state index contributed by atoms with van der Waals surface area (Å²) in [5.41, 5.74) is 2.44. The molecule has 0 fully saturated rings. The molecule has 1 atom stereocenters. The Labute approximate surface area is 136 Å². The van der Waals surface area contributed by atoms with E-state index in [0.29, 0.717) is 5.56 Å². The standard InChI is InChI=1S/C16H15F3N4O/c1-3-13-8-9-23(21-13)10(2)11-4-6-12(7-5-11)14-20-15(24-22-14)16(17,18)19/h4-10H,3H2,1-2H3. The van der Waals surface area contributed by atoms with Gasteiger partial charge in [-0.2, -0.15) is 23.3 Å². The number of benzene rings is 1. The third-order valence-corrected chi connectivity index (χ3v) is 3.74. The third kappa shape index (κ3) is 3.17. The number of nitrogens with zero attached hydrogens (tertiary/aromatic N) is 4. The Morgan fingerprint density at radius 2 is 1.88 bits per heavy atom. The molecule has 1 aromatic carbocycles. The summed E-state index contributed by atoms with van der Waals surface area (Å²) in [4.78, 5) is 3.38. The molecule has 0 amide bonds. The largest absolute Gasteiger partial charge is 0.471 e. The van der Waals surface area contributed by atoms with E-state index in [0.717, 1.165) is 17.7 Å². The van der Waals surface area contributed by atoms with Gasteiger partial charge in [0, 0.05) is 11.8 Å². The van der Waals surface area contributed by atoms with Gasteiger partial charge in [0.05, 0.1) is 11.7 Å². The van der Waals surface area contributed by atoms with Crippen molar-refractivity contribution in [3.05, 3.63) is 53.7 Å². The van der Waals surface area contributed by atoms with Crippen LogP contribution in [0.4, 0.5) is 13.2 Å². The van der Waals surface area contributed by atoms with Gasteiger partial charge in [0.25, 0.3) is 0 Å². The summed E-state index contributed by atoms with van der Waals surface area (Å²) in [6.45, 7) is 4.03. The zero-order valence-corrected chi connectivity index (χ0v) is 13.1. The van der Waals surface area contributed by atoms with E-state index in [1.165, 1.54) is 0 Å². The van der Waals surface area contributed by atoms with Gasteiger partial charge in [0.15, 0.2) is 0 Å². The Kier molecular flexibility index (Phi) is 4.13. The molecule has 2 heterocycles. The van der Waals surface area contributed by atoms with E-state index < -0.39 is 12.1 Å². The molecule has 3 rings (SSSR count). The van der Waals surface area contributed by atoms with E-state index in [9.17, 15) is 13.2 Å². The maximum absolute atomic E-state index is 12.5. The maximum Gasteiger partial charge on any atom is 0.471 e. The monoisotopic (exact) mass is 336 g/mol. The van der Waals surface area contributed by atoms with Crippen LogP contribution in [0, 0.1) is 0 Å². The van der Waals surface area contributed by atoms with Crippen LogP contribution in [-0.4, -0.2) is 19.9 Å². The highest BCUT2D eigenvalue weighted by molar-refractivity contribution is 5.54. The minimum atomic E-state index is -4.64. The van der Waals surface area contributed by atoms with Gasteiger partial charge in [0.1, 0.15) is 0 Å². The number of aromatic nitrogens is 4. The summed E-state index contributed by atoms with van der Waals surface area (Å²) in [7, 11) is 0. The number of halogens is 3. The molecule has 24 heavy (non-hydrogen) atoms. The van der Waals surface area contributed by atoms with Gasteiger partial charge >= 0.3 is 12.1 Å². The molecule has 8 heteroatoms. The fourth-order valence-electron chi connectivity index (χ4n) is 2.30. The summed E-state index contributed by atoms with van der Waals surface area (Å²) in [5.74, 6) is -1.44. The average Bonchev–Trinajstić information content (AvgIpc) is 3.23. The van der Waals surface area contributed by atoms with Crippen LogP contribution in [0.3, 0.4) is 0 Å². The van der Waals surface area contributed by atoms with Crippen LogP contribution in [0.2, 0.25) is 0 Å². The molecular weight excluding hydrogens is 321 g/mol. The number of hydrogen-bond donors (Lipinski definition) is 0. The summed E-state index contributed by atoms with van der Waals surface area (Å²) in [6, 6.07) is 8.94. The first-order valence-electron chi connectivity index (χ1n) is 7.43. The van der Waals surface area contributed by atoms with E-state index in [4.69, 9.17) is 0 Å². The van der Waals surface area contributed by atoms with Crippen LogP contribution in [0.5, 0.6) is 0 Å². The van der Waals surface area contributed by atoms with Crippen LogP contribution >= 0.6 is 0 Å². The molecule has 126 valence electrons. The van der Waals surface area contributed by atoms with Crippen molar-refractivity contribution in [2.75, 3.05) is 0 Å². The fourth-order valence-corrected chi connectivity index (χ4v) is 2.30. The second kappa shape index (κ2) is 6.10. The van der Waals surface area contributed by atoms with Gasteiger partial charge in [-0.3, -0.25) is 4.68 Å². The first-order valence-corrected chi connectivity index (χ1v) is 7.43. The molecule has 0 saturated heterocycles. The highest BCUT2D eigenvalue weighted by Gasteiger charge is 2.38. The molecule has 1 unspecified atom stereocenters. The highest BCUT2D eigenvalue weighted by atomic mass is 19.4. The minimum Gasteiger partial charge on any atom is -0.329 e. The van der Waals surface area contributed by atoms with Crippen molar-refractivity contribution in [3.8, 4) is 11.4 Å². The zero-order chi connectivity index (χ0) is 17.3. The van der Waals surface area contributed by atoms with Crippen molar-refractivity contribution in [3.63, 3.8) is 0 Å². The highest BCUT2D eigenvalue weighted by Crippen LogP contribution is 2.29. The lowest BCUT2D eigenvalue weighted by Crippen LogP contribution is -2.07. The van der Waals surface area contributed by atoms with E-state index in [-0.39, 0.29) is 11.9 Å². The number of aryl methyl sites for hydroxylation is 1. The van der Waals surface area contributed by atoms with Crippen molar-refractivity contribution in [1.29, 1.82) is 0 Å². The van der Waals surface area contributed by atoms with Gasteiger partial charge < -0.3 is 4.52 Å². The van der Waals surface area contributed by atoms with Crippen LogP contribution in [0.1, 0.15) is 37.0 Å². The predicted octanol–water partition coefficient (Wildman–Crippen LogP) is 4.12. The SMILES string of the molecule is CCc1ccn(C(C)c2ccc(-c3noc(C(F)(F)F)n3)cc2)n1. The Morgan fingerprint density at radius 1 is 1.17 bits per heavy atom. The van der Waals surface area contributed by atoms with Crippen LogP contribution < -0.4 is 0 Å². The molecule has 0 aliphatic rings. The lowest BCUT2D eigenvalue weighted by molar-refractivity contribution is -0.159. The lowest BCUT2D eigenvalue weighted by atomic mass is 10.1. The smallest absolute Gasteiger partial charge is 0.329 e. The molecule has 0 saturated carbocycles. The number of alkyl halides is 3. The van der Waals surface area contributed by atoms with Crippen molar-refractivity contribution in [2.24, 2.45) is 0 Å². The van der Waals surface area contributed by atoms with Crippen molar-refractivity contribution < 1.29 is 17.7 Å². The minimum absolute atomic E-state index is 0.00959. The van der Waals surface area contributed by atoms with Gasteiger partial charge in [-0.1, -0.05) is 36.3 Å². The van der Waals surface area contributed by atoms with Crippen molar-refractivity contribution >= 4 is 0 Å². The zero-order valence-electron chi connectivity index (χ0n) is 13.1. The Bertz CT molecular complexity index is 820. The molecule has 0 spiro atoms. The Balaban J connectivity index is 1.81. The van der Waals surface area contributed by atoms with Crippen LogP contribution in [-0.2, 0) is 12.6 Å². The number of hydrogen-bond acceptors (Lipinski definition) is 4. The summed E-state index contributed by atoms with van der Waals surface area (Å²) < 4.78 is 43.6. The molecular formula is C16H15F3N4O. The van der Waals surface area contributed by atoms with E-state index in [1.54, 1.807) is 12.1 Å². The summed E-state index contributed by atoms with van der Waals surface area (Å²) >= 11 is 0. The van der Waals surface area contributed by atoms with E-state index >= 15 is 0 Å². The van der Waals surface area contributed by atoms with Crippen molar-refractivity contribution in [2.45, 2.75) is 32.5 Å². The molecule has 0 radical (unpaired) electrons. The molecule has 0 aliphatic carbocycles. The Hall–Kier alpha value is -2.64. The Morgan fingerprint density at radius 3 is 2.42 bits per heavy atom. The van der Waals surface area contributed by atoms with Crippen molar-refractivity contribution in [1.82, 2.24) is 19.9 Å². The molecule has 0 bridgehead atoms. The van der Waals surface area contributed by atoms with Gasteiger partial charge in [-0.25, -0.2) is 0 Å². The van der Waals surface area contributed by atoms with Gasteiger partial charge in [-0.15, -0.1) is 0 Å². The molecule has 5 nitrogen and oxygen atoms in total. The first-order chi connectivity index (χ1) is 11.4. The van der Waals surface area contributed by atoms with E-state index in [2.05, 4.69) is 19.8 Å². The topological polar surface area (TPSA) is 56.7 Å². The normalized spacial score (nSPS) is 13.2. The number of rotatable bonds is 4. The fraction of sp³-hybridized carbons (Fsp3) is 0.312. The predicted molar refractivity (Wildman–Crippen MR) is 80.2 cm³/mol. The van der Waals surface area contributed by atoms with Crippen LogP contribution in [0.25, 0.3) is 11.4 Å². The second-order valence-electron chi connectivity index (χ2n) is 5.36. The third-order valence-electron chi connectivity index (χ3n) is 3.74.